The average molecular weight is 251 g/mol. The van der Waals surface area contributed by atoms with Gasteiger partial charge in [0, 0.05) is 24.5 Å². The van der Waals surface area contributed by atoms with Crippen LogP contribution in [-0.4, -0.2) is 21.8 Å². The van der Waals surface area contributed by atoms with Crippen LogP contribution in [0.3, 0.4) is 0 Å². The summed E-state index contributed by atoms with van der Waals surface area (Å²) in [5.74, 6) is 0. The van der Waals surface area contributed by atoms with Crippen LogP contribution < -0.4 is 5.32 Å². The lowest BCUT2D eigenvalue weighted by molar-refractivity contribution is 0.649. The number of nitrogens with one attached hydrogen (secondary N) is 1. The van der Waals surface area contributed by atoms with Gasteiger partial charge in [-0.3, -0.25) is 9.67 Å². The first-order valence-electron chi connectivity index (χ1n) is 5.55. The lowest BCUT2D eigenvalue weighted by Gasteiger charge is -2.13. The van der Waals surface area contributed by atoms with Gasteiger partial charge >= 0.3 is 0 Å². The molecule has 0 aromatic carbocycles. The summed E-state index contributed by atoms with van der Waals surface area (Å²) in [5, 5.41) is 8.15. The van der Waals surface area contributed by atoms with Gasteiger partial charge < -0.3 is 5.32 Å². The maximum atomic E-state index is 5.83. The van der Waals surface area contributed by atoms with Crippen molar-refractivity contribution < 1.29 is 0 Å². The van der Waals surface area contributed by atoms with Gasteiger partial charge in [0.25, 0.3) is 0 Å². The van der Waals surface area contributed by atoms with Crippen molar-refractivity contribution in [3.63, 3.8) is 0 Å². The molecule has 2 aromatic rings. The predicted octanol–water partition coefficient (Wildman–Crippen LogP) is 2.26. The topological polar surface area (TPSA) is 42.7 Å². The van der Waals surface area contributed by atoms with Crippen molar-refractivity contribution in [3.8, 4) is 0 Å². The molecule has 2 rings (SSSR count). The van der Waals surface area contributed by atoms with Crippen molar-refractivity contribution in [2.45, 2.75) is 19.5 Å². The molecule has 0 aliphatic rings. The molecule has 5 heteroatoms. The maximum absolute atomic E-state index is 5.83. The van der Waals surface area contributed by atoms with Gasteiger partial charge in [0.1, 0.15) is 0 Å². The Kier molecular flexibility index (Phi) is 3.76. The van der Waals surface area contributed by atoms with Crippen LogP contribution in [0.2, 0.25) is 5.02 Å². The Morgan fingerprint density at radius 1 is 1.41 bits per heavy atom. The molecule has 0 aliphatic carbocycles. The number of rotatable bonds is 4. The third kappa shape index (κ3) is 2.65. The van der Waals surface area contributed by atoms with Crippen LogP contribution in [0, 0.1) is 0 Å². The van der Waals surface area contributed by atoms with Gasteiger partial charge in [-0.25, -0.2) is 0 Å². The molecule has 4 nitrogen and oxygen atoms in total. The summed E-state index contributed by atoms with van der Waals surface area (Å²) < 4.78 is 1.90. The molecule has 0 saturated carbocycles. The molecule has 90 valence electrons. The maximum Gasteiger partial charge on any atom is 0.0779 e. The molecular weight excluding hydrogens is 236 g/mol. The molecule has 0 amide bonds. The van der Waals surface area contributed by atoms with Crippen molar-refractivity contribution in [1.29, 1.82) is 0 Å². The van der Waals surface area contributed by atoms with E-state index >= 15 is 0 Å². The fraction of sp³-hybridized carbons (Fsp3) is 0.333. The predicted molar refractivity (Wildman–Crippen MR) is 68.1 cm³/mol. The lowest BCUT2D eigenvalue weighted by Crippen LogP contribution is -2.18. The number of aromatic nitrogens is 3. The van der Waals surface area contributed by atoms with Gasteiger partial charge in [-0.15, -0.1) is 0 Å². The molecule has 1 N–H and O–H groups in total. The van der Waals surface area contributed by atoms with Crippen LogP contribution >= 0.6 is 11.6 Å². The minimum absolute atomic E-state index is 0.0487. The van der Waals surface area contributed by atoms with Crippen LogP contribution in [0.5, 0.6) is 0 Å². The van der Waals surface area contributed by atoms with Gasteiger partial charge in [0.2, 0.25) is 0 Å². The fourth-order valence-electron chi connectivity index (χ4n) is 1.74. The summed E-state index contributed by atoms with van der Waals surface area (Å²) in [5.41, 5.74) is 2.04. The van der Waals surface area contributed by atoms with E-state index in [0.717, 1.165) is 17.8 Å². The second kappa shape index (κ2) is 5.29. The Bertz CT molecular complexity index is 478. The van der Waals surface area contributed by atoms with E-state index in [9.17, 15) is 0 Å². The number of pyridine rings is 1. The van der Waals surface area contributed by atoms with E-state index in [-0.39, 0.29) is 6.04 Å². The molecule has 17 heavy (non-hydrogen) atoms. The minimum Gasteiger partial charge on any atom is -0.308 e. The summed E-state index contributed by atoms with van der Waals surface area (Å²) in [7, 11) is 1.91. The lowest BCUT2D eigenvalue weighted by atomic mass is 10.1. The van der Waals surface area contributed by atoms with Crippen LogP contribution in [0.4, 0.5) is 0 Å². The second-order valence-electron chi connectivity index (χ2n) is 3.75. The van der Waals surface area contributed by atoms with E-state index in [0.29, 0.717) is 5.02 Å². The molecule has 0 fully saturated rings. The highest BCUT2D eigenvalue weighted by molar-refractivity contribution is 6.30. The first-order chi connectivity index (χ1) is 8.24. The Morgan fingerprint density at radius 3 is 2.76 bits per heavy atom. The molecule has 0 aliphatic heterocycles. The quantitative estimate of drug-likeness (QED) is 0.905. The Morgan fingerprint density at radius 2 is 2.24 bits per heavy atom. The highest BCUT2D eigenvalue weighted by Gasteiger charge is 2.14. The van der Waals surface area contributed by atoms with Gasteiger partial charge in [0.05, 0.1) is 23.0 Å². The molecule has 0 bridgehead atoms. The molecule has 1 atom stereocenters. The van der Waals surface area contributed by atoms with Gasteiger partial charge in [-0.2, -0.15) is 5.10 Å². The molecule has 0 radical (unpaired) electrons. The Hall–Kier alpha value is -1.39. The summed E-state index contributed by atoms with van der Waals surface area (Å²) in [6.07, 6.45) is 5.55. The van der Waals surface area contributed by atoms with Crippen molar-refractivity contribution in [2.75, 3.05) is 7.05 Å². The van der Waals surface area contributed by atoms with E-state index in [1.165, 1.54) is 0 Å². The molecule has 2 heterocycles. The molecule has 0 spiro atoms. The van der Waals surface area contributed by atoms with E-state index in [2.05, 4.69) is 22.3 Å². The largest absolute Gasteiger partial charge is 0.308 e. The van der Waals surface area contributed by atoms with Crippen LogP contribution in [0.1, 0.15) is 24.2 Å². The monoisotopic (exact) mass is 250 g/mol. The summed E-state index contributed by atoms with van der Waals surface area (Å²) >= 11 is 5.83. The van der Waals surface area contributed by atoms with E-state index in [4.69, 9.17) is 11.6 Å². The van der Waals surface area contributed by atoms with Crippen LogP contribution in [0.25, 0.3) is 0 Å². The van der Waals surface area contributed by atoms with Crippen molar-refractivity contribution in [1.82, 2.24) is 20.1 Å². The fourth-order valence-corrected chi connectivity index (χ4v) is 1.86. The second-order valence-corrected chi connectivity index (χ2v) is 4.19. The molecule has 1 unspecified atom stereocenters. The number of hydrogen-bond donors (Lipinski definition) is 1. The minimum atomic E-state index is 0.0487. The van der Waals surface area contributed by atoms with Crippen LogP contribution in [0.15, 0.2) is 30.7 Å². The van der Waals surface area contributed by atoms with Crippen LogP contribution in [-0.2, 0) is 6.54 Å². The highest BCUT2D eigenvalue weighted by Crippen LogP contribution is 2.20. The summed E-state index contributed by atoms with van der Waals surface area (Å²) in [4.78, 5) is 4.33. The Labute approximate surface area is 106 Å². The zero-order valence-electron chi connectivity index (χ0n) is 9.89. The number of nitrogens with zero attached hydrogens (tertiary/aromatic N) is 3. The smallest absolute Gasteiger partial charge is 0.0779 e. The SMILES string of the molecule is CCn1cc(C(NC)c2ccc(Cl)cn2)cn1. The number of halogens is 1. The third-order valence-electron chi connectivity index (χ3n) is 2.65. The summed E-state index contributed by atoms with van der Waals surface area (Å²) in [6, 6.07) is 3.82. The van der Waals surface area contributed by atoms with E-state index in [1.54, 1.807) is 6.20 Å². The van der Waals surface area contributed by atoms with Gasteiger partial charge in [-0.05, 0) is 26.1 Å². The third-order valence-corrected chi connectivity index (χ3v) is 2.87. The average Bonchev–Trinajstić information content (AvgIpc) is 2.81. The number of hydrogen-bond acceptors (Lipinski definition) is 3. The number of aryl methyl sites for hydroxylation is 1. The highest BCUT2D eigenvalue weighted by atomic mass is 35.5. The first kappa shape index (κ1) is 12.1. The van der Waals surface area contributed by atoms with Crippen molar-refractivity contribution in [3.05, 3.63) is 47.0 Å². The summed E-state index contributed by atoms with van der Waals surface area (Å²) in [6.45, 7) is 2.93. The standard InChI is InChI=1S/C12H15ClN4/c1-3-17-8-9(6-16-17)12(14-2)11-5-4-10(13)7-15-11/h4-8,12,14H,3H2,1-2H3. The zero-order valence-corrected chi connectivity index (χ0v) is 10.6. The normalized spacial score (nSPS) is 12.6. The first-order valence-corrected chi connectivity index (χ1v) is 5.93. The van der Waals surface area contributed by atoms with Crippen molar-refractivity contribution in [2.24, 2.45) is 0 Å². The molecule has 2 aromatic heterocycles. The van der Waals surface area contributed by atoms with E-state index in [1.807, 2.05) is 36.3 Å². The van der Waals surface area contributed by atoms with Crippen molar-refractivity contribution >= 4 is 11.6 Å². The van der Waals surface area contributed by atoms with Gasteiger partial charge in [0.15, 0.2) is 0 Å². The van der Waals surface area contributed by atoms with E-state index < -0.39 is 0 Å². The zero-order chi connectivity index (χ0) is 12.3. The Balaban J connectivity index is 2.29. The molecule has 0 saturated heterocycles. The van der Waals surface area contributed by atoms with Gasteiger partial charge in [-0.1, -0.05) is 11.6 Å². The molecular formula is C12H15ClN4.